The molecular weight excluding hydrogens is 191 g/mol. The topological polar surface area (TPSA) is 49.9 Å². The Balaban J connectivity index is 2.64. The lowest BCUT2D eigenvalue weighted by atomic mass is 10.1. The predicted octanol–water partition coefficient (Wildman–Crippen LogP) is 2.16. The van der Waals surface area contributed by atoms with Crippen LogP contribution in [0.25, 0.3) is 0 Å². The molecule has 0 bridgehead atoms. The second-order valence-electron chi connectivity index (χ2n) is 2.75. The van der Waals surface area contributed by atoms with Crippen LogP contribution in [0.2, 0.25) is 5.02 Å². The van der Waals surface area contributed by atoms with Gasteiger partial charge in [0.15, 0.2) is 6.17 Å². The van der Waals surface area contributed by atoms with Crippen molar-refractivity contribution in [3.63, 3.8) is 0 Å². The number of nitrogens with two attached hydrogens (primary N) is 1. The maximum atomic E-state index is 12.9. The van der Waals surface area contributed by atoms with E-state index in [1.54, 1.807) is 24.3 Å². The average Bonchev–Trinajstić information content (AvgIpc) is 2.08. The van der Waals surface area contributed by atoms with Crippen LogP contribution in [0.1, 0.15) is 5.56 Å². The number of alkyl halides is 1. The Morgan fingerprint density at radius 3 is 2.46 bits per heavy atom. The Kier molecular flexibility index (Phi) is 3.25. The smallest absolute Gasteiger partial charge is 0.160 e. The van der Waals surface area contributed by atoms with Gasteiger partial charge in [0.2, 0.25) is 0 Å². The van der Waals surface area contributed by atoms with Crippen molar-refractivity contribution in [2.24, 2.45) is 5.73 Å². The van der Waals surface area contributed by atoms with Crippen LogP contribution in [-0.2, 0) is 6.42 Å². The molecule has 0 aliphatic heterocycles. The molecule has 70 valence electrons. The van der Waals surface area contributed by atoms with Gasteiger partial charge in [-0.05, 0) is 17.7 Å². The van der Waals surface area contributed by atoms with E-state index in [1.165, 1.54) is 0 Å². The SMILES string of the molecule is N=C(N)C(F)Cc1ccc(Cl)cc1. The number of hydrogen-bond donors (Lipinski definition) is 2. The summed E-state index contributed by atoms with van der Waals surface area (Å²) in [5.74, 6) is -0.435. The number of halogens is 2. The number of amidine groups is 1. The summed E-state index contributed by atoms with van der Waals surface area (Å²) in [7, 11) is 0. The fourth-order valence-corrected chi connectivity index (χ4v) is 1.06. The highest BCUT2D eigenvalue weighted by Crippen LogP contribution is 2.11. The molecule has 0 saturated carbocycles. The highest BCUT2D eigenvalue weighted by atomic mass is 35.5. The maximum Gasteiger partial charge on any atom is 0.160 e. The van der Waals surface area contributed by atoms with E-state index in [9.17, 15) is 4.39 Å². The third-order valence-electron chi connectivity index (χ3n) is 1.67. The molecule has 4 heteroatoms. The summed E-state index contributed by atoms with van der Waals surface area (Å²) in [6.45, 7) is 0. The molecule has 13 heavy (non-hydrogen) atoms. The van der Waals surface area contributed by atoms with Crippen LogP contribution in [0.5, 0.6) is 0 Å². The van der Waals surface area contributed by atoms with E-state index in [2.05, 4.69) is 0 Å². The standard InChI is InChI=1S/C9H10ClFN2/c10-7-3-1-6(2-4-7)5-8(11)9(12)13/h1-4,8H,5H2,(H3,12,13). The molecule has 0 heterocycles. The highest BCUT2D eigenvalue weighted by molar-refractivity contribution is 6.30. The summed E-state index contributed by atoms with van der Waals surface area (Å²) in [4.78, 5) is 0. The van der Waals surface area contributed by atoms with Gasteiger partial charge in [0.25, 0.3) is 0 Å². The Hall–Kier alpha value is -1.09. The second kappa shape index (κ2) is 4.23. The van der Waals surface area contributed by atoms with Gasteiger partial charge in [0.05, 0.1) is 0 Å². The van der Waals surface area contributed by atoms with Crippen molar-refractivity contribution < 1.29 is 4.39 Å². The van der Waals surface area contributed by atoms with Crippen LogP contribution < -0.4 is 5.73 Å². The minimum Gasteiger partial charge on any atom is -0.385 e. The van der Waals surface area contributed by atoms with Crippen LogP contribution in [0, 0.1) is 5.41 Å². The van der Waals surface area contributed by atoms with E-state index in [0.717, 1.165) is 5.56 Å². The van der Waals surface area contributed by atoms with Crippen molar-refractivity contribution in [1.82, 2.24) is 0 Å². The lowest BCUT2D eigenvalue weighted by Crippen LogP contribution is -2.25. The van der Waals surface area contributed by atoms with E-state index in [1.807, 2.05) is 0 Å². The Morgan fingerprint density at radius 1 is 1.46 bits per heavy atom. The molecule has 0 fully saturated rings. The Bertz CT molecular complexity index is 297. The highest BCUT2D eigenvalue weighted by Gasteiger charge is 2.10. The van der Waals surface area contributed by atoms with Gasteiger partial charge in [-0.2, -0.15) is 0 Å². The molecule has 0 aromatic heterocycles. The molecule has 0 amide bonds. The van der Waals surface area contributed by atoms with Crippen molar-refractivity contribution in [2.45, 2.75) is 12.6 Å². The fourth-order valence-electron chi connectivity index (χ4n) is 0.937. The molecule has 3 N–H and O–H groups in total. The van der Waals surface area contributed by atoms with Crippen LogP contribution >= 0.6 is 11.6 Å². The predicted molar refractivity (Wildman–Crippen MR) is 52.0 cm³/mol. The minimum absolute atomic E-state index is 0.131. The summed E-state index contributed by atoms with van der Waals surface area (Å²) >= 11 is 5.65. The van der Waals surface area contributed by atoms with Crippen molar-refractivity contribution in [3.05, 3.63) is 34.9 Å². The molecule has 1 atom stereocenters. The van der Waals surface area contributed by atoms with E-state index in [0.29, 0.717) is 5.02 Å². The summed E-state index contributed by atoms with van der Waals surface area (Å²) < 4.78 is 12.9. The molecule has 0 radical (unpaired) electrons. The molecule has 1 rings (SSSR count). The molecule has 0 aliphatic rings. The van der Waals surface area contributed by atoms with E-state index in [4.69, 9.17) is 22.7 Å². The van der Waals surface area contributed by atoms with Gasteiger partial charge in [0.1, 0.15) is 5.84 Å². The molecule has 1 aromatic carbocycles. The zero-order chi connectivity index (χ0) is 9.84. The average molecular weight is 201 g/mol. The number of nitrogens with one attached hydrogen (secondary N) is 1. The number of hydrogen-bond acceptors (Lipinski definition) is 1. The Morgan fingerprint density at radius 2 is 2.00 bits per heavy atom. The van der Waals surface area contributed by atoms with Crippen LogP contribution in [0.3, 0.4) is 0 Å². The van der Waals surface area contributed by atoms with Crippen LogP contribution in [0.15, 0.2) is 24.3 Å². The first-order valence-electron chi connectivity index (χ1n) is 3.82. The van der Waals surface area contributed by atoms with Gasteiger partial charge in [0, 0.05) is 11.4 Å². The molecular formula is C9H10ClFN2. The Labute approximate surface area is 81.0 Å². The number of benzene rings is 1. The molecule has 0 saturated heterocycles. The molecule has 1 aromatic rings. The van der Waals surface area contributed by atoms with Crippen LogP contribution in [0.4, 0.5) is 4.39 Å². The summed E-state index contributed by atoms with van der Waals surface area (Å²) in [6, 6.07) is 6.81. The van der Waals surface area contributed by atoms with Gasteiger partial charge in [-0.25, -0.2) is 4.39 Å². The molecule has 1 unspecified atom stereocenters. The zero-order valence-electron chi connectivity index (χ0n) is 6.93. The molecule has 0 spiro atoms. The van der Waals surface area contributed by atoms with E-state index in [-0.39, 0.29) is 6.42 Å². The first-order chi connectivity index (χ1) is 6.09. The van der Waals surface area contributed by atoms with Gasteiger partial charge >= 0.3 is 0 Å². The largest absolute Gasteiger partial charge is 0.385 e. The first kappa shape index (κ1) is 9.99. The molecule has 0 aliphatic carbocycles. The van der Waals surface area contributed by atoms with Crippen molar-refractivity contribution >= 4 is 17.4 Å². The summed E-state index contributed by atoms with van der Waals surface area (Å²) in [6.07, 6.45) is -1.27. The second-order valence-corrected chi connectivity index (χ2v) is 3.19. The monoisotopic (exact) mass is 200 g/mol. The quantitative estimate of drug-likeness (QED) is 0.570. The summed E-state index contributed by atoms with van der Waals surface area (Å²) in [5, 5.41) is 7.48. The zero-order valence-corrected chi connectivity index (χ0v) is 7.68. The summed E-state index contributed by atoms with van der Waals surface area (Å²) in [5.41, 5.74) is 5.78. The lowest BCUT2D eigenvalue weighted by Gasteiger charge is -2.05. The van der Waals surface area contributed by atoms with Crippen molar-refractivity contribution in [1.29, 1.82) is 5.41 Å². The fraction of sp³-hybridized carbons (Fsp3) is 0.222. The van der Waals surface area contributed by atoms with Crippen molar-refractivity contribution in [3.8, 4) is 0 Å². The van der Waals surface area contributed by atoms with Gasteiger partial charge < -0.3 is 5.73 Å². The number of rotatable bonds is 3. The van der Waals surface area contributed by atoms with Gasteiger partial charge in [-0.1, -0.05) is 23.7 Å². The van der Waals surface area contributed by atoms with Gasteiger partial charge in [-0.3, -0.25) is 5.41 Å². The lowest BCUT2D eigenvalue weighted by molar-refractivity contribution is 0.418. The third kappa shape index (κ3) is 3.03. The van der Waals surface area contributed by atoms with E-state index < -0.39 is 12.0 Å². The first-order valence-corrected chi connectivity index (χ1v) is 4.20. The van der Waals surface area contributed by atoms with Crippen molar-refractivity contribution in [2.75, 3.05) is 0 Å². The molecule has 2 nitrogen and oxygen atoms in total. The third-order valence-corrected chi connectivity index (χ3v) is 1.92. The van der Waals surface area contributed by atoms with Gasteiger partial charge in [-0.15, -0.1) is 0 Å². The maximum absolute atomic E-state index is 12.9. The van der Waals surface area contributed by atoms with E-state index >= 15 is 0 Å². The minimum atomic E-state index is -1.40. The normalized spacial score (nSPS) is 12.5. The van der Waals surface area contributed by atoms with Crippen LogP contribution in [-0.4, -0.2) is 12.0 Å².